The monoisotopic (exact) mass is 118 g/mol. The van der Waals surface area contributed by atoms with E-state index in [0.717, 1.165) is 0 Å². The third-order valence-corrected chi connectivity index (χ3v) is 0.642. The average Bonchev–Trinajstić information content (AvgIpc) is 1.69. The molecule has 1 N–H and O–H groups in total. The predicted molar refractivity (Wildman–Crippen MR) is 26.5 cm³/mol. The van der Waals surface area contributed by atoms with Gasteiger partial charge in [-0.05, 0) is 4.92 Å². The first-order valence-corrected chi connectivity index (χ1v) is 2.07. The van der Waals surface area contributed by atoms with Crippen molar-refractivity contribution in [1.82, 2.24) is 0 Å². The summed E-state index contributed by atoms with van der Waals surface area (Å²) in [6.07, 6.45) is 0.142. The average molecular weight is 118 g/mol. The van der Waals surface area contributed by atoms with Crippen LogP contribution in [-0.4, -0.2) is 16.0 Å². The molecule has 8 heavy (non-hydrogen) atoms. The summed E-state index contributed by atoms with van der Waals surface area (Å²) in [5.41, 5.74) is 0. The van der Waals surface area contributed by atoms with E-state index in [0.29, 0.717) is 0 Å². The van der Waals surface area contributed by atoms with Crippen LogP contribution in [0.25, 0.3) is 0 Å². The zero-order valence-corrected chi connectivity index (χ0v) is 4.37. The molecule has 0 heterocycles. The number of nitrogens with zero attached hydrogens (tertiary/aromatic N) is 2. The lowest BCUT2D eigenvalue weighted by Crippen LogP contribution is -2.09. The summed E-state index contributed by atoms with van der Waals surface area (Å²) in [4.78, 5) is 8.95. The molecular weight excluding hydrogens is 112 g/mol. The number of rotatable bonds is 1. The molecule has 0 unspecified atom stereocenters. The minimum Gasteiger partial charge on any atom is -0.358 e. The first-order chi connectivity index (χ1) is 3.72. The van der Waals surface area contributed by atoms with E-state index >= 15 is 0 Å². The van der Waals surface area contributed by atoms with Gasteiger partial charge in [-0.2, -0.15) is 0 Å². The molecule has 0 aromatic heterocycles. The van der Waals surface area contributed by atoms with Gasteiger partial charge in [-0.25, -0.2) is 0 Å². The third-order valence-electron chi connectivity index (χ3n) is 0.642. The molecule has 0 aromatic rings. The van der Waals surface area contributed by atoms with E-state index in [-0.39, 0.29) is 6.42 Å². The quantitative estimate of drug-likeness (QED) is 0.179. The Kier molecular flexibility index (Phi) is 2.53. The summed E-state index contributed by atoms with van der Waals surface area (Å²) in [6, 6.07) is 0. The third kappa shape index (κ3) is 1.55. The Hall–Kier alpha value is -1.13. The number of hydrogen-bond acceptors (Lipinski definition) is 4. The van der Waals surface area contributed by atoms with Crippen molar-refractivity contribution in [2.75, 3.05) is 0 Å². The van der Waals surface area contributed by atoms with Crippen molar-refractivity contribution in [3.8, 4) is 0 Å². The smallest absolute Gasteiger partial charge is 0.358 e. The van der Waals surface area contributed by atoms with Gasteiger partial charge in [0.15, 0.2) is 0 Å². The van der Waals surface area contributed by atoms with Crippen LogP contribution in [-0.2, 0) is 0 Å². The second kappa shape index (κ2) is 2.95. The maximum absolute atomic E-state index is 9.68. The highest BCUT2D eigenvalue weighted by atomic mass is 16.6. The van der Waals surface area contributed by atoms with Gasteiger partial charge in [0.1, 0.15) is 5.16 Å². The molecule has 0 spiro atoms. The van der Waals surface area contributed by atoms with Gasteiger partial charge in [0, 0.05) is 0 Å². The van der Waals surface area contributed by atoms with Gasteiger partial charge in [-0.3, -0.25) is 0 Å². The van der Waals surface area contributed by atoms with Crippen molar-refractivity contribution in [2.24, 2.45) is 5.16 Å². The first kappa shape index (κ1) is 6.87. The topological polar surface area (TPSA) is 75.7 Å². The lowest BCUT2D eigenvalue weighted by Gasteiger charge is -1.87. The zero-order chi connectivity index (χ0) is 6.57. The molecule has 0 aromatic carbocycles. The molecular formula is C3H6N2O3. The second-order valence-corrected chi connectivity index (χ2v) is 1.13. The van der Waals surface area contributed by atoms with Crippen molar-refractivity contribution in [3.63, 3.8) is 0 Å². The van der Waals surface area contributed by atoms with Crippen molar-refractivity contribution in [1.29, 1.82) is 0 Å². The van der Waals surface area contributed by atoms with Gasteiger partial charge >= 0.3 is 5.84 Å². The fourth-order valence-corrected chi connectivity index (χ4v) is 0.236. The number of hydrogen-bond donors (Lipinski definition) is 1. The van der Waals surface area contributed by atoms with Crippen LogP contribution in [0.1, 0.15) is 13.3 Å². The van der Waals surface area contributed by atoms with Crippen molar-refractivity contribution in [2.45, 2.75) is 13.3 Å². The molecule has 46 valence electrons. The summed E-state index contributed by atoms with van der Waals surface area (Å²) in [5, 5.41) is 19.9. The van der Waals surface area contributed by atoms with Crippen LogP contribution in [0.4, 0.5) is 0 Å². The normalized spacial score (nSPS) is 11.4. The fraction of sp³-hybridized carbons (Fsp3) is 0.667. The Morgan fingerprint density at radius 1 is 2.00 bits per heavy atom. The van der Waals surface area contributed by atoms with E-state index < -0.39 is 10.8 Å². The van der Waals surface area contributed by atoms with Gasteiger partial charge in [-0.15, -0.1) is 0 Å². The summed E-state index contributed by atoms with van der Waals surface area (Å²) in [7, 11) is 0. The maximum Gasteiger partial charge on any atom is 0.384 e. The Labute approximate surface area is 45.8 Å². The van der Waals surface area contributed by atoms with Crippen LogP contribution in [0.3, 0.4) is 0 Å². The molecule has 0 aliphatic rings. The van der Waals surface area contributed by atoms with Gasteiger partial charge in [0.25, 0.3) is 0 Å². The van der Waals surface area contributed by atoms with Crippen LogP contribution in [0.5, 0.6) is 0 Å². The highest BCUT2D eigenvalue weighted by Gasteiger charge is 2.06. The van der Waals surface area contributed by atoms with E-state index in [1.165, 1.54) is 6.92 Å². The zero-order valence-electron chi connectivity index (χ0n) is 4.37. The summed E-state index contributed by atoms with van der Waals surface area (Å²) < 4.78 is 0. The maximum atomic E-state index is 9.68. The Balaban J connectivity index is 3.92. The molecule has 0 saturated carbocycles. The molecule has 5 heteroatoms. The van der Waals surface area contributed by atoms with Crippen molar-refractivity contribution in [3.05, 3.63) is 10.1 Å². The fourth-order valence-electron chi connectivity index (χ4n) is 0.236. The van der Waals surface area contributed by atoms with E-state index in [9.17, 15) is 10.1 Å². The van der Waals surface area contributed by atoms with E-state index in [1.807, 2.05) is 0 Å². The SMILES string of the molecule is CCC(=NO)[N+](=O)[O-]. The second-order valence-electron chi connectivity index (χ2n) is 1.13. The molecule has 5 nitrogen and oxygen atoms in total. The first-order valence-electron chi connectivity index (χ1n) is 2.07. The Morgan fingerprint density at radius 3 is 2.50 bits per heavy atom. The lowest BCUT2D eigenvalue weighted by atomic mass is 10.5. The summed E-state index contributed by atoms with van der Waals surface area (Å²) >= 11 is 0. The van der Waals surface area contributed by atoms with Crippen LogP contribution < -0.4 is 0 Å². The number of oxime groups is 1. The Bertz CT molecular complexity index is 120. The van der Waals surface area contributed by atoms with Crippen LogP contribution in [0.15, 0.2) is 5.16 Å². The largest absolute Gasteiger partial charge is 0.384 e. The van der Waals surface area contributed by atoms with E-state index in [2.05, 4.69) is 5.16 Å². The number of amidine groups is 1. The highest BCUT2D eigenvalue weighted by molar-refractivity contribution is 5.72. The van der Waals surface area contributed by atoms with E-state index in [1.54, 1.807) is 0 Å². The highest BCUT2D eigenvalue weighted by Crippen LogP contribution is 1.83. The molecule has 0 radical (unpaired) electrons. The van der Waals surface area contributed by atoms with Gasteiger partial charge in [-0.1, -0.05) is 6.92 Å². The lowest BCUT2D eigenvalue weighted by molar-refractivity contribution is -0.355. The van der Waals surface area contributed by atoms with Crippen LogP contribution in [0.2, 0.25) is 0 Å². The molecule has 0 rings (SSSR count). The molecule has 0 bridgehead atoms. The van der Waals surface area contributed by atoms with Gasteiger partial charge < -0.3 is 15.3 Å². The molecule has 0 aliphatic heterocycles. The minimum atomic E-state index is -0.722. The summed E-state index contributed by atoms with van der Waals surface area (Å²) in [6.45, 7) is 1.54. The van der Waals surface area contributed by atoms with Gasteiger partial charge in [0.2, 0.25) is 0 Å². The number of nitro groups is 1. The Morgan fingerprint density at radius 2 is 2.50 bits per heavy atom. The van der Waals surface area contributed by atoms with Gasteiger partial charge in [0.05, 0.1) is 6.42 Å². The van der Waals surface area contributed by atoms with E-state index in [4.69, 9.17) is 5.21 Å². The standard InChI is InChI=1S/C3H6N2O3/c1-2-3(4-6)5(7)8/h6H,2H2,1H3. The molecule has 0 saturated heterocycles. The van der Waals surface area contributed by atoms with Crippen molar-refractivity contribution >= 4 is 5.84 Å². The predicted octanol–water partition coefficient (Wildman–Crippen LogP) is 0.461. The molecule has 0 amide bonds. The molecule has 0 aliphatic carbocycles. The minimum absolute atomic E-state index is 0.142. The molecule has 0 fully saturated rings. The summed E-state index contributed by atoms with van der Waals surface area (Å²) in [5.74, 6) is -0.412. The van der Waals surface area contributed by atoms with Crippen molar-refractivity contribution < 1.29 is 10.1 Å². The van der Waals surface area contributed by atoms with Crippen LogP contribution in [0, 0.1) is 10.1 Å². The van der Waals surface area contributed by atoms with Crippen LogP contribution >= 0.6 is 0 Å². The molecule has 0 atom stereocenters.